The van der Waals surface area contributed by atoms with Crippen LogP contribution in [0.3, 0.4) is 0 Å². The van der Waals surface area contributed by atoms with Gasteiger partial charge in [0.1, 0.15) is 29.3 Å². The maximum absolute atomic E-state index is 14.8. The Kier molecular flexibility index (Phi) is 9.74. The van der Waals surface area contributed by atoms with Crippen LogP contribution in [0.4, 0.5) is 9.59 Å². The lowest BCUT2D eigenvalue weighted by atomic mass is 9.83. The summed E-state index contributed by atoms with van der Waals surface area (Å²) in [5.41, 5.74) is 0.840. The number of hydrogen-bond donors (Lipinski definition) is 3. The van der Waals surface area contributed by atoms with Gasteiger partial charge in [0.15, 0.2) is 0 Å². The van der Waals surface area contributed by atoms with E-state index in [4.69, 9.17) is 9.47 Å². The molecule has 0 unspecified atom stereocenters. The predicted octanol–water partition coefficient (Wildman–Crippen LogP) is 4.04. The van der Waals surface area contributed by atoms with Gasteiger partial charge in [-0.1, -0.05) is 55.7 Å². The number of sulfonamides is 1. The van der Waals surface area contributed by atoms with Crippen molar-refractivity contribution in [2.24, 2.45) is 17.8 Å². The molecule has 3 N–H and O–H groups in total. The van der Waals surface area contributed by atoms with Gasteiger partial charge in [-0.3, -0.25) is 24.0 Å². The largest absolute Gasteiger partial charge is 0.444 e. The SMILES string of the molecule is C=C[C@@H]1C[C@]1(NC(=O)[C@@H]1C[C@@H]2CN1C(=O)[C@H](C1CCCCC1)NC(=O)O[C@]1(C)C[C@H]1CC/C=C\c1cccc3c1CN(C3)C(=O)O2)C(=O)NS(=O)(=O)C1CC1. The molecule has 4 bridgehead atoms. The molecule has 55 heavy (non-hydrogen) atoms. The van der Waals surface area contributed by atoms with E-state index in [-0.39, 0.29) is 31.2 Å². The van der Waals surface area contributed by atoms with Crippen molar-refractivity contribution in [2.45, 2.75) is 132 Å². The summed E-state index contributed by atoms with van der Waals surface area (Å²) in [4.78, 5) is 72.9. The fourth-order valence-corrected chi connectivity index (χ4v) is 10.6. The first-order valence-corrected chi connectivity index (χ1v) is 21.4. The van der Waals surface area contributed by atoms with Gasteiger partial charge in [0, 0.05) is 24.8 Å². The van der Waals surface area contributed by atoms with Crippen molar-refractivity contribution in [3.63, 3.8) is 0 Å². The molecule has 14 nitrogen and oxygen atoms in total. The molecule has 296 valence electrons. The number of amides is 5. The number of hydrogen-bond acceptors (Lipinski definition) is 9. The maximum Gasteiger partial charge on any atom is 0.410 e. The van der Waals surface area contributed by atoms with Crippen LogP contribution < -0.4 is 15.4 Å². The second-order valence-electron chi connectivity index (χ2n) is 16.9. The van der Waals surface area contributed by atoms with Gasteiger partial charge in [-0.05, 0) is 80.9 Å². The molecule has 0 spiro atoms. The van der Waals surface area contributed by atoms with E-state index >= 15 is 0 Å². The van der Waals surface area contributed by atoms with Gasteiger partial charge in [-0.25, -0.2) is 18.0 Å². The van der Waals surface area contributed by atoms with Crippen LogP contribution in [-0.2, 0) is 47.0 Å². The number of carbonyl (C=O) groups is 5. The van der Waals surface area contributed by atoms with Crippen molar-refractivity contribution >= 4 is 46.0 Å². The molecule has 4 saturated carbocycles. The van der Waals surface area contributed by atoms with E-state index in [2.05, 4.69) is 34.1 Å². The highest BCUT2D eigenvalue weighted by Gasteiger charge is 2.62. The van der Waals surface area contributed by atoms with Crippen LogP contribution >= 0.6 is 0 Å². The molecule has 8 rings (SSSR count). The summed E-state index contributed by atoms with van der Waals surface area (Å²) >= 11 is 0. The number of nitrogens with one attached hydrogen (secondary N) is 3. The molecule has 0 radical (unpaired) electrons. The van der Waals surface area contributed by atoms with Crippen molar-refractivity contribution in [1.29, 1.82) is 0 Å². The molecule has 0 aromatic heterocycles. The van der Waals surface area contributed by atoms with E-state index in [1.807, 2.05) is 25.1 Å². The lowest BCUT2D eigenvalue weighted by Gasteiger charge is -2.35. The number of nitrogens with zero attached hydrogens (tertiary/aromatic N) is 2. The number of benzene rings is 1. The summed E-state index contributed by atoms with van der Waals surface area (Å²) in [6.45, 7) is 6.29. The molecule has 5 fully saturated rings. The van der Waals surface area contributed by atoms with Crippen molar-refractivity contribution in [1.82, 2.24) is 25.2 Å². The smallest absolute Gasteiger partial charge is 0.410 e. The molecule has 3 heterocycles. The topological polar surface area (TPSA) is 181 Å². The summed E-state index contributed by atoms with van der Waals surface area (Å²) in [6.07, 6.45) is 11.0. The van der Waals surface area contributed by atoms with Crippen molar-refractivity contribution < 1.29 is 41.9 Å². The van der Waals surface area contributed by atoms with E-state index < -0.39 is 80.4 Å². The highest BCUT2D eigenvalue weighted by atomic mass is 32.2. The molecule has 1 aromatic rings. The van der Waals surface area contributed by atoms with Gasteiger partial charge in [-0.2, -0.15) is 0 Å². The zero-order chi connectivity index (χ0) is 38.7. The van der Waals surface area contributed by atoms with E-state index in [0.29, 0.717) is 45.2 Å². The summed E-state index contributed by atoms with van der Waals surface area (Å²) in [6, 6.07) is 3.79. The summed E-state index contributed by atoms with van der Waals surface area (Å²) < 4.78 is 39.7. The maximum atomic E-state index is 14.8. The Morgan fingerprint density at radius 2 is 1.82 bits per heavy atom. The highest BCUT2D eigenvalue weighted by molar-refractivity contribution is 7.91. The summed E-state index contributed by atoms with van der Waals surface area (Å²) in [5.74, 6) is -2.60. The molecule has 15 heteroatoms. The van der Waals surface area contributed by atoms with Crippen molar-refractivity contribution in [2.75, 3.05) is 6.54 Å². The molecule has 5 amide bonds. The number of alkyl carbamates (subject to hydrolysis) is 1. The van der Waals surface area contributed by atoms with Gasteiger partial charge >= 0.3 is 12.2 Å². The van der Waals surface area contributed by atoms with E-state index in [1.54, 1.807) is 4.90 Å². The minimum Gasteiger partial charge on any atom is -0.444 e. The number of carbonyl (C=O) groups excluding carboxylic acids is 5. The molecular weight excluding hydrogens is 727 g/mol. The van der Waals surface area contributed by atoms with Crippen molar-refractivity contribution in [3.8, 4) is 0 Å². The zero-order valence-electron chi connectivity index (χ0n) is 31.3. The molecular formula is C40H51N5O9S. The van der Waals surface area contributed by atoms with Gasteiger partial charge in [-0.15, -0.1) is 6.58 Å². The fraction of sp³-hybridized carbons (Fsp3) is 0.625. The molecule has 4 aliphatic carbocycles. The van der Waals surface area contributed by atoms with Crippen LogP contribution in [0.15, 0.2) is 36.9 Å². The molecule has 7 aliphatic rings. The Labute approximate surface area is 321 Å². The first-order valence-electron chi connectivity index (χ1n) is 19.8. The number of fused-ring (bicyclic) bond motifs is 4. The lowest BCUT2D eigenvalue weighted by molar-refractivity contribution is -0.142. The molecule has 1 aromatic carbocycles. The number of allylic oxidation sites excluding steroid dienone is 1. The highest BCUT2D eigenvalue weighted by Crippen LogP contribution is 2.50. The third kappa shape index (κ3) is 7.48. The quantitative estimate of drug-likeness (QED) is 0.345. The first kappa shape index (κ1) is 37.5. The van der Waals surface area contributed by atoms with Gasteiger partial charge in [0.2, 0.25) is 21.8 Å². The van der Waals surface area contributed by atoms with E-state index in [9.17, 15) is 32.4 Å². The Morgan fingerprint density at radius 1 is 1.04 bits per heavy atom. The Bertz CT molecular complexity index is 1930. The third-order valence-electron chi connectivity index (χ3n) is 13.0. The Hall–Kier alpha value is -4.40. The van der Waals surface area contributed by atoms with Crippen LogP contribution in [0.2, 0.25) is 0 Å². The summed E-state index contributed by atoms with van der Waals surface area (Å²) in [7, 11) is -3.91. The molecule has 1 saturated heterocycles. The minimum atomic E-state index is -3.91. The van der Waals surface area contributed by atoms with Crippen LogP contribution in [0.5, 0.6) is 0 Å². The van der Waals surface area contributed by atoms with Gasteiger partial charge < -0.3 is 25.0 Å². The number of rotatable bonds is 7. The second-order valence-corrected chi connectivity index (χ2v) is 18.8. The number of ether oxygens (including phenoxy) is 2. The molecule has 7 atom stereocenters. The predicted molar refractivity (Wildman–Crippen MR) is 200 cm³/mol. The average molecular weight is 778 g/mol. The Morgan fingerprint density at radius 3 is 2.55 bits per heavy atom. The van der Waals surface area contributed by atoms with Crippen LogP contribution in [0.1, 0.15) is 101 Å². The van der Waals surface area contributed by atoms with Crippen LogP contribution in [0, 0.1) is 17.8 Å². The zero-order valence-corrected chi connectivity index (χ0v) is 32.1. The van der Waals surface area contributed by atoms with E-state index in [1.165, 1.54) is 11.0 Å². The van der Waals surface area contributed by atoms with Crippen LogP contribution in [0.25, 0.3) is 6.08 Å². The second kappa shape index (κ2) is 14.3. The third-order valence-corrected chi connectivity index (χ3v) is 14.8. The van der Waals surface area contributed by atoms with Gasteiger partial charge in [0.05, 0.1) is 18.3 Å². The van der Waals surface area contributed by atoms with Crippen molar-refractivity contribution in [3.05, 3.63) is 53.6 Å². The van der Waals surface area contributed by atoms with Gasteiger partial charge in [0.25, 0.3) is 5.91 Å². The minimum absolute atomic E-state index is 0.0590. The Balaban J connectivity index is 1.08. The van der Waals surface area contributed by atoms with Crippen LogP contribution in [-0.4, -0.2) is 89.2 Å². The summed E-state index contributed by atoms with van der Waals surface area (Å²) in [5, 5.41) is 5.05. The fourth-order valence-electron chi connectivity index (χ4n) is 9.21. The first-order chi connectivity index (χ1) is 26.3. The lowest BCUT2D eigenvalue weighted by Crippen LogP contribution is -2.59. The van der Waals surface area contributed by atoms with E-state index in [0.717, 1.165) is 48.8 Å². The normalized spacial score (nSPS) is 34.3. The monoisotopic (exact) mass is 777 g/mol. The standard InChI is InChI=1S/C40H51N5O9S/c1-3-27-20-40(27,36(48)43-55(51,52)30-16-17-30)42-34(46)32-18-29-22-45(32)35(47)33(25-11-5-4-6-12-25)41-37(49)54-39(2)19-28(39)15-8-7-10-24-13-9-14-26-21-44(23-31(24)26)38(50)53-29/h3,7,9-10,13-14,25,27-30,32-33H,1,4-6,8,11-12,15-23H2,2H3,(H,41,49)(H,42,46)(H,43,48)/b10-7-/t27-,28-,29-,32+,33+,39-,40-/m1/s1. The molecule has 3 aliphatic heterocycles. The average Bonchev–Trinajstić information content (AvgIpc) is 4.11.